The van der Waals surface area contributed by atoms with Crippen LogP contribution in [-0.2, 0) is 24.3 Å². The standard InChI is InChI=1S/C18H27NO6S/c1-6-24-15(20)12-18(5,21)16-13(2)25-17(3,4)19(16)26(22,23)14-10-8-7-9-11-14/h7-11,13,16,21H,6,12H2,1-5H3/t13-,16+,18-/m0/s1. The van der Waals surface area contributed by atoms with Crippen LogP contribution in [0.3, 0.4) is 0 Å². The lowest BCUT2D eigenvalue weighted by atomic mass is 9.89. The van der Waals surface area contributed by atoms with Gasteiger partial charge in [0.25, 0.3) is 0 Å². The Labute approximate surface area is 155 Å². The summed E-state index contributed by atoms with van der Waals surface area (Å²) in [6, 6.07) is 7.02. The highest BCUT2D eigenvalue weighted by atomic mass is 32.2. The maximum atomic E-state index is 13.3. The molecule has 2 rings (SSSR count). The van der Waals surface area contributed by atoms with Crippen molar-refractivity contribution in [1.82, 2.24) is 4.31 Å². The van der Waals surface area contributed by atoms with E-state index in [0.717, 1.165) is 0 Å². The third kappa shape index (κ3) is 3.93. The lowest BCUT2D eigenvalue weighted by Crippen LogP contribution is -2.58. The highest BCUT2D eigenvalue weighted by Gasteiger charge is 2.58. The first-order chi connectivity index (χ1) is 11.9. The molecular weight excluding hydrogens is 358 g/mol. The maximum Gasteiger partial charge on any atom is 0.308 e. The third-order valence-electron chi connectivity index (χ3n) is 4.45. The van der Waals surface area contributed by atoms with Crippen LogP contribution >= 0.6 is 0 Å². The van der Waals surface area contributed by atoms with E-state index in [1.807, 2.05) is 0 Å². The lowest BCUT2D eigenvalue weighted by Gasteiger charge is -2.39. The summed E-state index contributed by atoms with van der Waals surface area (Å²) in [7, 11) is -3.96. The van der Waals surface area contributed by atoms with Crippen molar-refractivity contribution in [3.63, 3.8) is 0 Å². The van der Waals surface area contributed by atoms with Crippen molar-refractivity contribution in [3.8, 4) is 0 Å². The molecule has 8 heteroatoms. The zero-order valence-corrected chi connectivity index (χ0v) is 16.6. The molecule has 1 N–H and O–H groups in total. The lowest BCUT2D eigenvalue weighted by molar-refractivity contribution is -0.150. The molecule has 1 saturated heterocycles. The molecule has 1 aliphatic rings. The molecule has 0 aliphatic carbocycles. The number of hydrogen-bond donors (Lipinski definition) is 1. The van der Waals surface area contributed by atoms with Gasteiger partial charge in [0.2, 0.25) is 10.0 Å². The highest BCUT2D eigenvalue weighted by Crippen LogP contribution is 2.42. The number of carbonyl (C=O) groups is 1. The molecular formula is C18H27NO6S. The Morgan fingerprint density at radius 3 is 2.46 bits per heavy atom. The fourth-order valence-electron chi connectivity index (χ4n) is 3.61. The summed E-state index contributed by atoms with van der Waals surface area (Å²) in [5.41, 5.74) is -2.85. The van der Waals surface area contributed by atoms with Crippen molar-refractivity contribution in [3.05, 3.63) is 30.3 Å². The Kier molecular flexibility index (Phi) is 5.82. The van der Waals surface area contributed by atoms with Crippen LogP contribution in [0.5, 0.6) is 0 Å². The van der Waals surface area contributed by atoms with Gasteiger partial charge in [0.05, 0.1) is 35.7 Å². The normalized spacial score (nSPS) is 25.6. The molecule has 1 aliphatic heterocycles. The summed E-state index contributed by atoms with van der Waals surface area (Å²) < 4.78 is 38.5. The van der Waals surface area contributed by atoms with Gasteiger partial charge in [-0.3, -0.25) is 4.79 Å². The number of sulfonamides is 1. The number of hydrogen-bond acceptors (Lipinski definition) is 6. The molecule has 1 fully saturated rings. The van der Waals surface area contributed by atoms with Crippen LogP contribution in [0.4, 0.5) is 0 Å². The molecule has 0 unspecified atom stereocenters. The zero-order valence-electron chi connectivity index (χ0n) is 15.8. The Morgan fingerprint density at radius 2 is 1.92 bits per heavy atom. The van der Waals surface area contributed by atoms with E-state index < -0.39 is 39.5 Å². The Bertz CT molecular complexity index is 744. The molecule has 0 saturated carbocycles. The van der Waals surface area contributed by atoms with E-state index in [1.54, 1.807) is 45.9 Å². The summed E-state index contributed by atoms with van der Waals surface area (Å²) in [5.74, 6) is -0.591. The van der Waals surface area contributed by atoms with E-state index in [0.29, 0.717) is 0 Å². The number of ether oxygens (including phenoxy) is 2. The number of nitrogens with zero attached hydrogens (tertiary/aromatic N) is 1. The van der Waals surface area contributed by atoms with E-state index in [1.165, 1.54) is 23.4 Å². The SMILES string of the molecule is CCOC(=O)C[C@](C)(O)[C@H]1[C@H](C)OC(C)(C)N1S(=O)(=O)c1ccccc1. The molecule has 1 heterocycles. The van der Waals surface area contributed by atoms with Gasteiger partial charge in [0, 0.05) is 0 Å². The monoisotopic (exact) mass is 385 g/mol. The molecule has 0 amide bonds. The van der Waals surface area contributed by atoms with Crippen LogP contribution in [-0.4, -0.2) is 53.9 Å². The van der Waals surface area contributed by atoms with Gasteiger partial charge in [-0.2, -0.15) is 4.31 Å². The van der Waals surface area contributed by atoms with Crippen molar-refractivity contribution in [2.75, 3.05) is 6.61 Å². The molecule has 0 spiro atoms. The number of benzene rings is 1. The highest BCUT2D eigenvalue weighted by molar-refractivity contribution is 7.89. The minimum Gasteiger partial charge on any atom is -0.466 e. The topological polar surface area (TPSA) is 93.1 Å². The molecule has 0 bridgehead atoms. The summed E-state index contributed by atoms with van der Waals surface area (Å²) in [6.07, 6.45) is -0.955. The second-order valence-electron chi connectivity index (χ2n) is 7.17. The van der Waals surface area contributed by atoms with Gasteiger partial charge >= 0.3 is 5.97 Å². The first kappa shape index (κ1) is 20.8. The summed E-state index contributed by atoms with van der Waals surface area (Å²) in [5, 5.41) is 11.0. The predicted octanol–water partition coefficient (Wildman–Crippen LogP) is 1.90. The van der Waals surface area contributed by atoms with Gasteiger partial charge in [-0.15, -0.1) is 0 Å². The number of carbonyl (C=O) groups excluding carboxylic acids is 1. The van der Waals surface area contributed by atoms with Crippen LogP contribution in [0.15, 0.2) is 35.2 Å². The Balaban J connectivity index is 2.48. The van der Waals surface area contributed by atoms with Gasteiger partial charge in [0.15, 0.2) is 0 Å². The number of esters is 1. The van der Waals surface area contributed by atoms with Gasteiger partial charge in [-0.25, -0.2) is 8.42 Å². The number of aliphatic hydroxyl groups is 1. The van der Waals surface area contributed by atoms with Crippen LogP contribution in [0, 0.1) is 0 Å². The quantitative estimate of drug-likeness (QED) is 0.752. The van der Waals surface area contributed by atoms with Gasteiger partial charge in [-0.1, -0.05) is 18.2 Å². The smallest absolute Gasteiger partial charge is 0.308 e. The minimum absolute atomic E-state index is 0.0997. The van der Waals surface area contributed by atoms with Gasteiger partial charge in [-0.05, 0) is 46.8 Å². The van der Waals surface area contributed by atoms with Crippen LogP contribution in [0.25, 0.3) is 0 Å². The fourth-order valence-corrected chi connectivity index (χ4v) is 5.66. The molecule has 3 atom stereocenters. The average molecular weight is 385 g/mol. The van der Waals surface area contributed by atoms with Gasteiger partial charge < -0.3 is 14.6 Å². The minimum atomic E-state index is -3.96. The van der Waals surface area contributed by atoms with Crippen LogP contribution in [0.2, 0.25) is 0 Å². The van der Waals surface area contributed by atoms with Crippen molar-refractivity contribution >= 4 is 16.0 Å². The summed E-state index contributed by atoms with van der Waals surface area (Å²) in [6.45, 7) is 8.23. The van der Waals surface area contributed by atoms with E-state index in [2.05, 4.69) is 0 Å². The van der Waals surface area contributed by atoms with E-state index in [9.17, 15) is 18.3 Å². The second-order valence-corrected chi connectivity index (χ2v) is 8.98. The van der Waals surface area contributed by atoms with Crippen molar-refractivity contribution in [2.24, 2.45) is 0 Å². The average Bonchev–Trinajstić information content (AvgIpc) is 2.78. The molecule has 26 heavy (non-hydrogen) atoms. The van der Waals surface area contributed by atoms with Crippen molar-refractivity contribution in [2.45, 2.75) is 69.4 Å². The van der Waals surface area contributed by atoms with Crippen molar-refractivity contribution < 1.29 is 27.8 Å². The molecule has 1 aromatic rings. The van der Waals surface area contributed by atoms with Gasteiger partial charge in [0.1, 0.15) is 5.72 Å². The summed E-state index contributed by atoms with van der Waals surface area (Å²) >= 11 is 0. The van der Waals surface area contributed by atoms with Crippen LogP contribution < -0.4 is 0 Å². The fraction of sp³-hybridized carbons (Fsp3) is 0.611. The first-order valence-corrected chi connectivity index (χ1v) is 10.0. The van der Waals surface area contributed by atoms with Crippen LogP contribution in [0.1, 0.15) is 41.0 Å². The van der Waals surface area contributed by atoms with Crippen molar-refractivity contribution in [1.29, 1.82) is 0 Å². The zero-order chi connectivity index (χ0) is 19.8. The maximum absolute atomic E-state index is 13.3. The molecule has 0 aromatic heterocycles. The Morgan fingerprint density at radius 1 is 1.35 bits per heavy atom. The largest absolute Gasteiger partial charge is 0.466 e. The van der Waals surface area contributed by atoms with E-state index in [4.69, 9.17) is 9.47 Å². The van der Waals surface area contributed by atoms with E-state index >= 15 is 0 Å². The van der Waals surface area contributed by atoms with E-state index in [-0.39, 0.29) is 17.9 Å². The first-order valence-electron chi connectivity index (χ1n) is 8.59. The third-order valence-corrected chi connectivity index (χ3v) is 6.50. The molecule has 146 valence electrons. The molecule has 1 aromatic carbocycles. The second kappa shape index (κ2) is 7.26. The Hall–Kier alpha value is -1.48. The molecule has 0 radical (unpaired) electrons. The number of rotatable bonds is 6. The summed E-state index contributed by atoms with van der Waals surface area (Å²) in [4.78, 5) is 12.0. The molecule has 7 nitrogen and oxygen atoms in total. The predicted molar refractivity (Wildman–Crippen MR) is 95.8 cm³/mol.